The highest BCUT2D eigenvalue weighted by Gasteiger charge is 2.09. The van der Waals surface area contributed by atoms with E-state index in [1.807, 2.05) is 12.1 Å². The van der Waals surface area contributed by atoms with Crippen molar-refractivity contribution in [3.8, 4) is 11.5 Å². The highest BCUT2D eigenvalue weighted by Crippen LogP contribution is 2.26. The number of benzene rings is 1. The normalized spacial score (nSPS) is 12.2. The number of rotatable bonds is 8. The molecule has 18 heavy (non-hydrogen) atoms. The first-order valence-electron chi connectivity index (χ1n) is 6.69. The summed E-state index contributed by atoms with van der Waals surface area (Å²) in [5, 5.41) is 3.50. The first kappa shape index (κ1) is 14.8. The Morgan fingerprint density at radius 2 is 1.94 bits per heavy atom. The first-order valence-corrected chi connectivity index (χ1v) is 6.69. The second-order valence-electron chi connectivity index (χ2n) is 4.38. The maximum absolute atomic E-state index is 5.41. The van der Waals surface area contributed by atoms with Crippen LogP contribution in [0.4, 0.5) is 0 Å². The molecule has 0 bridgehead atoms. The fraction of sp³-hybridized carbons (Fsp3) is 0.600. The molecule has 1 N–H and O–H groups in total. The van der Waals surface area contributed by atoms with Crippen molar-refractivity contribution in [3.05, 3.63) is 23.8 Å². The first-order chi connectivity index (χ1) is 8.74. The molecular weight excluding hydrogens is 226 g/mol. The van der Waals surface area contributed by atoms with Crippen LogP contribution >= 0.6 is 0 Å². The largest absolute Gasteiger partial charge is 0.497 e. The Morgan fingerprint density at radius 1 is 1.17 bits per heavy atom. The summed E-state index contributed by atoms with van der Waals surface area (Å²) < 4.78 is 10.6. The van der Waals surface area contributed by atoms with E-state index in [1.165, 1.54) is 5.56 Å². The van der Waals surface area contributed by atoms with Gasteiger partial charge < -0.3 is 14.8 Å². The third-order valence-corrected chi connectivity index (χ3v) is 3.24. The minimum atomic E-state index is 0.585. The molecule has 1 aromatic carbocycles. The Labute approximate surface area is 110 Å². The predicted octanol–water partition coefficient (Wildman–Crippen LogP) is 3.02. The smallest absolute Gasteiger partial charge is 0.125 e. The Hall–Kier alpha value is -1.22. The summed E-state index contributed by atoms with van der Waals surface area (Å²) in [6.45, 7) is 5.40. The standard InChI is InChI=1S/C15H25NO2/c1-5-13(16-6-2)9-7-12-8-10-14(17-3)11-15(12)18-4/h8,10-11,13,16H,5-7,9H2,1-4H3. The minimum Gasteiger partial charge on any atom is -0.497 e. The molecular formula is C15H25NO2. The van der Waals surface area contributed by atoms with Crippen LogP contribution in [0.5, 0.6) is 11.5 Å². The van der Waals surface area contributed by atoms with Gasteiger partial charge in [0.15, 0.2) is 0 Å². The third-order valence-electron chi connectivity index (χ3n) is 3.24. The summed E-state index contributed by atoms with van der Waals surface area (Å²) in [5.74, 6) is 1.76. The second kappa shape index (κ2) is 7.98. The van der Waals surface area contributed by atoms with Gasteiger partial charge in [0.05, 0.1) is 14.2 Å². The van der Waals surface area contributed by atoms with Crippen molar-refractivity contribution >= 4 is 0 Å². The van der Waals surface area contributed by atoms with Crippen LogP contribution in [0.15, 0.2) is 18.2 Å². The maximum atomic E-state index is 5.41. The topological polar surface area (TPSA) is 30.5 Å². The summed E-state index contributed by atoms with van der Waals surface area (Å²) >= 11 is 0. The van der Waals surface area contributed by atoms with E-state index in [1.54, 1.807) is 14.2 Å². The van der Waals surface area contributed by atoms with Gasteiger partial charge in [-0.05, 0) is 37.4 Å². The van der Waals surface area contributed by atoms with Gasteiger partial charge in [0.25, 0.3) is 0 Å². The zero-order valence-corrected chi connectivity index (χ0v) is 12.0. The summed E-state index contributed by atoms with van der Waals surface area (Å²) in [4.78, 5) is 0. The fourth-order valence-corrected chi connectivity index (χ4v) is 2.13. The molecule has 1 atom stereocenters. The average Bonchev–Trinajstić information content (AvgIpc) is 2.43. The van der Waals surface area contributed by atoms with E-state index >= 15 is 0 Å². The van der Waals surface area contributed by atoms with Crippen molar-refractivity contribution in [2.45, 2.75) is 39.2 Å². The van der Waals surface area contributed by atoms with Crippen LogP contribution in [0.1, 0.15) is 32.3 Å². The van der Waals surface area contributed by atoms with Gasteiger partial charge in [-0.25, -0.2) is 0 Å². The average molecular weight is 251 g/mol. The molecule has 102 valence electrons. The molecule has 0 fully saturated rings. The molecule has 0 saturated carbocycles. The van der Waals surface area contributed by atoms with Crippen LogP contribution in [0.25, 0.3) is 0 Å². The third kappa shape index (κ3) is 4.22. The molecule has 0 amide bonds. The van der Waals surface area contributed by atoms with Crippen molar-refractivity contribution in [1.29, 1.82) is 0 Å². The van der Waals surface area contributed by atoms with E-state index in [9.17, 15) is 0 Å². The lowest BCUT2D eigenvalue weighted by Crippen LogP contribution is -2.28. The monoisotopic (exact) mass is 251 g/mol. The Kier molecular flexibility index (Phi) is 6.58. The second-order valence-corrected chi connectivity index (χ2v) is 4.38. The lowest BCUT2D eigenvalue weighted by Gasteiger charge is -2.17. The van der Waals surface area contributed by atoms with E-state index in [2.05, 4.69) is 25.2 Å². The molecule has 0 heterocycles. The molecule has 0 spiro atoms. The Morgan fingerprint density at radius 3 is 2.50 bits per heavy atom. The van der Waals surface area contributed by atoms with Crippen molar-refractivity contribution in [2.24, 2.45) is 0 Å². The van der Waals surface area contributed by atoms with Gasteiger partial charge in [-0.15, -0.1) is 0 Å². The molecule has 0 aliphatic heterocycles. The van der Waals surface area contributed by atoms with E-state index in [4.69, 9.17) is 9.47 Å². The van der Waals surface area contributed by atoms with E-state index in [0.717, 1.165) is 37.3 Å². The SMILES string of the molecule is CCNC(CC)CCc1ccc(OC)cc1OC. The number of ether oxygens (including phenoxy) is 2. The highest BCUT2D eigenvalue weighted by molar-refractivity contribution is 5.40. The van der Waals surface area contributed by atoms with E-state index < -0.39 is 0 Å². The number of hydrogen-bond acceptors (Lipinski definition) is 3. The molecule has 1 unspecified atom stereocenters. The lowest BCUT2D eigenvalue weighted by atomic mass is 10.0. The number of hydrogen-bond donors (Lipinski definition) is 1. The number of methoxy groups -OCH3 is 2. The van der Waals surface area contributed by atoms with Gasteiger partial charge >= 0.3 is 0 Å². The molecule has 1 rings (SSSR count). The molecule has 0 saturated heterocycles. The summed E-state index contributed by atoms with van der Waals surface area (Å²) in [5.41, 5.74) is 1.25. The van der Waals surface area contributed by atoms with Crippen LogP contribution in [0.3, 0.4) is 0 Å². The van der Waals surface area contributed by atoms with Crippen molar-refractivity contribution in [2.75, 3.05) is 20.8 Å². The number of aryl methyl sites for hydroxylation is 1. The van der Waals surface area contributed by atoms with Gasteiger partial charge in [-0.1, -0.05) is 19.9 Å². The summed E-state index contributed by atoms with van der Waals surface area (Å²) in [7, 11) is 3.38. The molecule has 3 nitrogen and oxygen atoms in total. The molecule has 0 aliphatic carbocycles. The Bertz CT molecular complexity index is 352. The lowest BCUT2D eigenvalue weighted by molar-refractivity contribution is 0.389. The van der Waals surface area contributed by atoms with Gasteiger partial charge in [-0.2, -0.15) is 0 Å². The van der Waals surface area contributed by atoms with Gasteiger partial charge in [0, 0.05) is 12.1 Å². The zero-order valence-electron chi connectivity index (χ0n) is 12.0. The summed E-state index contributed by atoms with van der Waals surface area (Å²) in [6.07, 6.45) is 3.32. The van der Waals surface area contributed by atoms with Crippen molar-refractivity contribution < 1.29 is 9.47 Å². The van der Waals surface area contributed by atoms with Crippen LogP contribution in [-0.2, 0) is 6.42 Å². The van der Waals surface area contributed by atoms with Crippen LogP contribution in [-0.4, -0.2) is 26.8 Å². The molecule has 3 heteroatoms. The fourth-order valence-electron chi connectivity index (χ4n) is 2.13. The van der Waals surface area contributed by atoms with Crippen LogP contribution in [0.2, 0.25) is 0 Å². The minimum absolute atomic E-state index is 0.585. The van der Waals surface area contributed by atoms with E-state index in [0.29, 0.717) is 6.04 Å². The highest BCUT2D eigenvalue weighted by atomic mass is 16.5. The van der Waals surface area contributed by atoms with Crippen molar-refractivity contribution in [3.63, 3.8) is 0 Å². The van der Waals surface area contributed by atoms with Crippen LogP contribution in [0, 0.1) is 0 Å². The molecule has 0 aliphatic rings. The molecule has 0 aromatic heterocycles. The quantitative estimate of drug-likeness (QED) is 0.770. The van der Waals surface area contributed by atoms with Gasteiger partial charge in [-0.3, -0.25) is 0 Å². The maximum Gasteiger partial charge on any atom is 0.125 e. The van der Waals surface area contributed by atoms with Gasteiger partial charge in [0.2, 0.25) is 0 Å². The van der Waals surface area contributed by atoms with E-state index in [-0.39, 0.29) is 0 Å². The van der Waals surface area contributed by atoms with Crippen molar-refractivity contribution in [1.82, 2.24) is 5.32 Å². The summed E-state index contributed by atoms with van der Waals surface area (Å²) in [6, 6.07) is 6.62. The zero-order chi connectivity index (χ0) is 13.4. The Balaban J connectivity index is 2.65. The van der Waals surface area contributed by atoms with Gasteiger partial charge in [0.1, 0.15) is 11.5 Å². The number of nitrogens with one attached hydrogen (secondary N) is 1. The predicted molar refractivity (Wildman–Crippen MR) is 75.6 cm³/mol. The van der Waals surface area contributed by atoms with Crippen LogP contribution < -0.4 is 14.8 Å². The molecule has 0 radical (unpaired) electrons. The molecule has 1 aromatic rings.